The molecule has 0 saturated heterocycles. The van der Waals surface area contributed by atoms with Crippen LogP contribution in [0, 0.1) is 0 Å². The first-order valence-electron chi connectivity index (χ1n) is 6.33. The molecule has 6 nitrogen and oxygen atoms in total. The molecule has 0 amide bonds. The molecule has 23 heavy (non-hydrogen) atoms. The van der Waals surface area contributed by atoms with Gasteiger partial charge in [-0.15, -0.1) is 0 Å². The monoisotopic (exact) mass is 378 g/mol. The van der Waals surface area contributed by atoms with Crippen molar-refractivity contribution in [1.29, 1.82) is 0 Å². The third-order valence-electron chi connectivity index (χ3n) is 2.72. The average molecular weight is 379 g/mol. The van der Waals surface area contributed by atoms with E-state index in [0.717, 1.165) is 11.1 Å². The van der Waals surface area contributed by atoms with Gasteiger partial charge in [0.1, 0.15) is 11.5 Å². The van der Waals surface area contributed by atoms with Gasteiger partial charge in [-0.1, -0.05) is 46.3 Å². The Bertz CT molecular complexity index is 752. The average Bonchev–Trinajstić information content (AvgIpc) is 2.47. The van der Waals surface area contributed by atoms with E-state index < -0.39 is 12.3 Å². The standard InChI is InChI=1S/C16H11BrO6/c17-14-9-13(23-16(20)21)8-5-11(14)4-1-10-2-6-12(7-3-10)22-15(18)19/h1-9H,(H,18,19)(H,20,21)/b4-1+. The lowest BCUT2D eigenvalue weighted by Crippen LogP contribution is -2.02. The highest BCUT2D eigenvalue weighted by Crippen LogP contribution is 2.25. The van der Waals surface area contributed by atoms with Crippen molar-refractivity contribution in [2.24, 2.45) is 0 Å². The summed E-state index contributed by atoms with van der Waals surface area (Å²) in [5, 5.41) is 17.1. The van der Waals surface area contributed by atoms with Gasteiger partial charge in [0.15, 0.2) is 0 Å². The number of benzene rings is 2. The number of carbonyl (C=O) groups is 2. The number of hydrogen-bond acceptors (Lipinski definition) is 4. The van der Waals surface area contributed by atoms with Crippen LogP contribution in [0.25, 0.3) is 12.2 Å². The molecule has 2 aromatic carbocycles. The molecule has 0 heterocycles. The fourth-order valence-corrected chi connectivity index (χ4v) is 2.23. The maximum absolute atomic E-state index is 10.5. The normalized spacial score (nSPS) is 10.5. The topological polar surface area (TPSA) is 93.1 Å². The second-order valence-electron chi connectivity index (χ2n) is 4.32. The molecule has 0 aliphatic carbocycles. The van der Waals surface area contributed by atoms with E-state index in [-0.39, 0.29) is 11.5 Å². The molecular formula is C16H11BrO6. The molecule has 0 atom stereocenters. The van der Waals surface area contributed by atoms with Crippen LogP contribution in [-0.4, -0.2) is 22.5 Å². The minimum absolute atomic E-state index is 0.219. The third kappa shape index (κ3) is 5.15. The second-order valence-corrected chi connectivity index (χ2v) is 5.18. The molecule has 2 rings (SSSR count). The van der Waals surface area contributed by atoms with Crippen molar-refractivity contribution >= 4 is 40.4 Å². The molecule has 0 bridgehead atoms. The molecule has 0 aliphatic rings. The summed E-state index contributed by atoms with van der Waals surface area (Å²) < 4.78 is 9.76. The molecule has 0 aliphatic heterocycles. The molecule has 0 unspecified atom stereocenters. The predicted octanol–water partition coefficient (Wildman–Crippen LogP) is 4.73. The molecule has 0 saturated carbocycles. The smallest absolute Gasteiger partial charge is 0.449 e. The number of hydrogen-bond donors (Lipinski definition) is 2. The number of carboxylic acid groups (broad SMARTS) is 2. The first-order chi connectivity index (χ1) is 10.9. The van der Waals surface area contributed by atoms with Crippen molar-refractivity contribution < 1.29 is 29.3 Å². The van der Waals surface area contributed by atoms with Gasteiger partial charge in [0.25, 0.3) is 0 Å². The molecule has 0 aromatic heterocycles. The van der Waals surface area contributed by atoms with Gasteiger partial charge in [0.05, 0.1) is 0 Å². The quantitative estimate of drug-likeness (QED) is 0.453. The van der Waals surface area contributed by atoms with Crippen LogP contribution in [0.2, 0.25) is 0 Å². The lowest BCUT2D eigenvalue weighted by Gasteiger charge is -2.03. The summed E-state index contributed by atoms with van der Waals surface area (Å²) in [6.45, 7) is 0. The minimum atomic E-state index is -1.37. The molecule has 0 spiro atoms. The largest absolute Gasteiger partial charge is 0.511 e. The van der Waals surface area contributed by atoms with E-state index in [0.29, 0.717) is 4.47 Å². The minimum Gasteiger partial charge on any atom is -0.449 e. The molecule has 7 heteroatoms. The van der Waals surface area contributed by atoms with Gasteiger partial charge in [-0.25, -0.2) is 9.59 Å². The van der Waals surface area contributed by atoms with E-state index in [4.69, 9.17) is 10.2 Å². The van der Waals surface area contributed by atoms with Crippen molar-refractivity contribution in [3.8, 4) is 11.5 Å². The van der Waals surface area contributed by atoms with Gasteiger partial charge in [-0.3, -0.25) is 0 Å². The van der Waals surface area contributed by atoms with Crippen molar-refractivity contribution in [1.82, 2.24) is 0 Å². The molecule has 0 radical (unpaired) electrons. The number of ether oxygens (including phenoxy) is 2. The van der Waals surface area contributed by atoms with Gasteiger partial charge in [-0.2, -0.15) is 0 Å². The Morgan fingerprint density at radius 3 is 2.00 bits per heavy atom. The van der Waals surface area contributed by atoms with E-state index in [1.807, 2.05) is 12.2 Å². The van der Waals surface area contributed by atoms with Crippen LogP contribution in [0.3, 0.4) is 0 Å². The first kappa shape index (κ1) is 16.6. The summed E-state index contributed by atoms with van der Waals surface area (Å²) >= 11 is 3.34. The van der Waals surface area contributed by atoms with E-state index in [1.165, 1.54) is 0 Å². The number of rotatable bonds is 4. The summed E-state index contributed by atoms with van der Waals surface area (Å²) in [7, 11) is 0. The molecule has 118 valence electrons. The fourth-order valence-electron chi connectivity index (χ4n) is 1.74. The Labute approximate surface area is 139 Å². The van der Waals surface area contributed by atoms with Crippen LogP contribution < -0.4 is 9.47 Å². The van der Waals surface area contributed by atoms with E-state index in [9.17, 15) is 9.59 Å². The highest BCUT2D eigenvalue weighted by Gasteiger charge is 2.04. The fraction of sp³-hybridized carbons (Fsp3) is 0. The van der Waals surface area contributed by atoms with Gasteiger partial charge >= 0.3 is 12.3 Å². The van der Waals surface area contributed by atoms with Crippen molar-refractivity contribution in [2.45, 2.75) is 0 Å². The highest BCUT2D eigenvalue weighted by atomic mass is 79.9. The molecule has 2 N–H and O–H groups in total. The van der Waals surface area contributed by atoms with Gasteiger partial charge in [-0.05, 0) is 35.4 Å². The lowest BCUT2D eigenvalue weighted by atomic mass is 10.1. The van der Waals surface area contributed by atoms with Crippen LogP contribution in [-0.2, 0) is 0 Å². The van der Waals surface area contributed by atoms with Crippen LogP contribution in [0.4, 0.5) is 9.59 Å². The van der Waals surface area contributed by atoms with Crippen LogP contribution in [0.1, 0.15) is 11.1 Å². The summed E-state index contributed by atoms with van der Waals surface area (Å²) in [6.07, 6.45) is 0.911. The summed E-state index contributed by atoms with van der Waals surface area (Å²) in [5.41, 5.74) is 1.68. The Balaban J connectivity index is 2.10. The van der Waals surface area contributed by atoms with Crippen molar-refractivity contribution in [3.63, 3.8) is 0 Å². The molecule has 0 fully saturated rings. The van der Waals surface area contributed by atoms with Gasteiger partial charge < -0.3 is 19.7 Å². The molecule has 2 aromatic rings. The lowest BCUT2D eigenvalue weighted by molar-refractivity contribution is 0.143. The highest BCUT2D eigenvalue weighted by molar-refractivity contribution is 9.10. The Morgan fingerprint density at radius 2 is 1.43 bits per heavy atom. The van der Waals surface area contributed by atoms with Crippen LogP contribution >= 0.6 is 15.9 Å². The third-order valence-corrected chi connectivity index (χ3v) is 3.40. The summed E-state index contributed by atoms with van der Waals surface area (Å²) in [4.78, 5) is 20.9. The zero-order valence-corrected chi connectivity index (χ0v) is 13.2. The summed E-state index contributed by atoms with van der Waals surface area (Å²) in [6, 6.07) is 11.3. The SMILES string of the molecule is O=C(O)Oc1ccc(/C=C/c2ccc(OC(=O)O)cc2Br)cc1. The van der Waals surface area contributed by atoms with Gasteiger partial charge in [0.2, 0.25) is 0 Å². The summed E-state index contributed by atoms with van der Waals surface area (Å²) in [5.74, 6) is 0.461. The van der Waals surface area contributed by atoms with E-state index in [2.05, 4.69) is 25.4 Å². The second kappa shape index (κ2) is 7.46. The Hall–Kier alpha value is -2.80. The van der Waals surface area contributed by atoms with Crippen molar-refractivity contribution in [3.05, 3.63) is 58.1 Å². The maximum atomic E-state index is 10.5. The van der Waals surface area contributed by atoms with Crippen molar-refractivity contribution in [2.75, 3.05) is 0 Å². The molecular weight excluding hydrogens is 368 g/mol. The maximum Gasteiger partial charge on any atom is 0.511 e. The Morgan fingerprint density at radius 1 is 0.870 bits per heavy atom. The van der Waals surface area contributed by atoms with E-state index >= 15 is 0 Å². The van der Waals surface area contributed by atoms with Crippen LogP contribution in [0.5, 0.6) is 11.5 Å². The Kier molecular flexibility index (Phi) is 5.37. The zero-order chi connectivity index (χ0) is 16.8. The first-order valence-corrected chi connectivity index (χ1v) is 7.12. The zero-order valence-electron chi connectivity index (χ0n) is 11.6. The van der Waals surface area contributed by atoms with Gasteiger partial charge in [0, 0.05) is 4.47 Å². The number of halogens is 1. The van der Waals surface area contributed by atoms with Crippen LogP contribution in [0.15, 0.2) is 46.9 Å². The predicted molar refractivity (Wildman–Crippen MR) is 86.8 cm³/mol. The van der Waals surface area contributed by atoms with E-state index in [1.54, 1.807) is 42.5 Å².